The molecule has 102 valence electrons. The van der Waals surface area contributed by atoms with Gasteiger partial charge in [0.2, 0.25) is 0 Å². The van der Waals surface area contributed by atoms with E-state index in [2.05, 4.69) is 24.4 Å². The zero-order chi connectivity index (χ0) is 13.4. The molecule has 3 nitrogen and oxygen atoms in total. The van der Waals surface area contributed by atoms with Crippen LogP contribution in [0.2, 0.25) is 0 Å². The van der Waals surface area contributed by atoms with E-state index in [-0.39, 0.29) is 5.91 Å². The normalized spacial score (nSPS) is 27.4. The quantitative estimate of drug-likeness (QED) is 0.839. The van der Waals surface area contributed by atoms with Crippen LogP contribution < -0.4 is 5.43 Å². The average Bonchev–Trinajstić information content (AvgIpc) is 3.10. The van der Waals surface area contributed by atoms with Crippen LogP contribution >= 0.6 is 11.3 Å². The minimum atomic E-state index is -0.0709. The molecular weight excluding hydrogens is 256 g/mol. The van der Waals surface area contributed by atoms with Gasteiger partial charge < -0.3 is 0 Å². The average molecular weight is 276 g/mol. The number of rotatable bonds is 3. The summed E-state index contributed by atoms with van der Waals surface area (Å²) in [5.74, 6) is 1.87. The van der Waals surface area contributed by atoms with Gasteiger partial charge >= 0.3 is 0 Å². The first kappa shape index (κ1) is 12.9. The molecule has 2 aliphatic rings. The molecule has 0 unspecified atom stereocenters. The number of hydrogen-bond donors (Lipinski definition) is 1. The maximum absolute atomic E-state index is 12.0. The second-order valence-electron chi connectivity index (χ2n) is 6.02. The Kier molecular flexibility index (Phi) is 3.44. The molecule has 0 aromatic carbocycles. The highest BCUT2D eigenvalue weighted by Crippen LogP contribution is 2.42. The van der Waals surface area contributed by atoms with Gasteiger partial charge in [0.15, 0.2) is 0 Å². The number of fused-ring (bicyclic) bond motifs is 2. The lowest BCUT2D eigenvalue weighted by Crippen LogP contribution is -2.21. The molecule has 4 heteroatoms. The number of carbonyl (C=O) groups is 1. The third kappa shape index (κ3) is 2.59. The molecule has 2 atom stereocenters. The largest absolute Gasteiger partial charge is 0.272 e. The first-order valence-electron chi connectivity index (χ1n) is 7.08. The summed E-state index contributed by atoms with van der Waals surface area (Å²) in [5.41, 5.74) is 4.68. The van der Waals surface area contributed by atoms with E-state index in [1.165, 1.54) is 29.9 Å². The standard InChI is InChI=1S/C15H20N2OS/c1-9(2)14-7-12(8-19-14)15(18)17-16-13-6-10-3-4-11(13)5-10/h7-11H,3-6H2,1-2H3,(H,17,18)/b16-13-/t10-,11-/m0/s1. The summed E-state index contributed by atoms with van der Waals surface area (Å²) in [6.07, 6.45) is 4.98. The molecule has 19 heavy (non-hydrogen) atoms. The fraction of sp³-hybridized carbons (Fsp3) is 0.600. The van der Waals surface area contributed by atoms with Crippen LogP contribution in [0, 0.1) is 11.8 Å². The van der Waals surface area contributed by atoms with Gasteiger partial charge in [0, 0.05) is 16.0 Å². The highest BCUT2D eigenvalue weighted by molar-refractivity contribution is 7.10. The lowest BCUT2D eigenvalue weighted by molar-refractivity contribution is 0.0955. The zero-order valence-electron chi connectivity index (χ0n) is 11.5. The Balaban J connectivity index is 1.63. The molecule has 1 heterocycles. The second-order valence-corrected chi connectivity index (χ2v) is 6.96. The summed E-state index contributed by atoms with van der Waals surface area (Å²) in [4.78, 5) is 13.3. The van der Waals surface area contributed by atoms with Crippen LogP contribution in [0.4, 0.5) is 0 Å². The first-order valence-corrected chi connectivity index (χ1v) is 7.96. The summed E-state index contributed by atoms with van der Waals surface area (Å²) >= 11 is 1.65. The van der Waals surface area contributed by atoms with E-state index >= 15 is 0 Å². The van der Waals surface area contributed by atoms with Gasteiger partial charge in [0.05, 0.1) is 5.56 Å². The number of hydrogen-bond acceptors (Lipinski definition) is 3. The topological polar surface area (TPSA) is 41.5 Å². The third-order valence-corrected chi connectivity index (χ3v) is 5.50. The van der Waals surface area contributed by atoms with Gasteiger partial charge in [0.1, 0.15) is 0 Å². The maximum Gasteiger partial charge on any atom is 0.272 e. The molecule has 1 aromatic heterocycles. The monoisotopic (exact) mass is 276 g/mol. The van der Waals surface area contributed by atoms with Crippen molar-refractivity contribution in [3.8, 4) is 0 Å². The maximum atomic E-state index is 12.0. The van der Waals surface area contributed by atoms with Crippen molar-refractivity contribution >= 4 is 23.0 Å². The van der Waals surface area contributed by atoms with Gasteiger partial charge in [0.25, 0.3) is 5.91 Å². The number of amides is 1. The molecule has 1 amide bonds. The fourth-order valence-electron chi connectivity index (χ4n) is 3.12. The Labute approximate surface area is 118 Å². The molecular formula is C15H20N2OS. The Morgan fingerprint density at radius 3 is 2.89 bits per heavy atom. The van der Waals surface area contributed by atoms with Gasteiger partial charge in [-0.1, -0.05) is 13.8 Å². The van der Waals surface area contributed by atoms with E-state index < -0.39 is 0 Å². The van der Waals surface area contributed by atoms with Gasteiger partial charge in [-0.05, 0) is 49.5 Å². The Hall–Kier alpha value is -1.16. The van der Waals surface area contributed by atoms with Crippen molar-refractivity contribution in [1.82, 2.24) is 5.43 Å². The van der Waals surface area contributed by atoms with E-state index in [4.69, 9.17) is 0 Å². The Morgan fingerprint density at radius 1 is 1.47 bits per heavy atom. The van der Waals surface area contributed by atoms with Crippen molar-refractivity contribution in [2.45, 2.75) is 45.4 Å². The van der Waals surface area contributed by atoms with Gasteiger partial charge in [-0.15, -0.1) is 11.3 Å². The van der Waals surface area contributed by atoms with Gasteiger partial charge in [-0.25, -0.2) is 5.43 Å². The number of nitrogens with zero attached hydrogens (tertiary/aromatic N) is 1. The van der Waals surface area contributed by atoms with Crippen LogP contribution in [-0.4, -0.2) is 11.6 Å². The van der Waals surface area contributed by atoms with Crippen LogP contribution in [0.25, 0.3) is 0 Å². The van der Waals surface area contributed by atoms with Crippen LogP contribution in [0.3, 0.4) is 0 Å². The zero-order valence-corrected chi connectivity index (χ0v) is 12.3. The smallest absolute Gasteiger partial charge is 0.267 e. The molecule has 2 aliphatic carbocycles. The summed E-state index contributed by atoms with van der Waals surface area (Å²) in [6, 6.07) is 1.98. The summed E-state index contributed by atoms with van der Waals surface area (Å²) in [7, 11) is 0. The summed E-state index contributed by atoms with van der Waals surface area (Å²) < 4.78 is 0. The van der Waals surface area contributed by atoms with Gasteiger partial charge in [-0.3, -0.25) is 4.79 Å². The molecule has 3 rings (SSSR count). The number of hydrazone groups is 1. The third-order valence-electron chi connectivity index (χ3n) is 4.26. The minimum absolute atomic E-state index is 0.0709. The van der Waals surface area contributed by atoms with Crippen LogP contribution in [0.1, 0.15) is 60.7 Å². The lowest BCUT2D eigenvalue weighted by atomic mass is 9.99. The van der Waals surface area contributed by atoms with Crippen molar-refractivity contribution in [2.24, 2.45) is 16.9 Å². The number of carbonyl (C=O) groups excluding carboxylic acids is 1. The predicted molar refractivity (Wildman–Crippen MR) is 78.8 cm³/mol. The minimum Gasteiger partial charge on any atom is -0.267 e. The van der Waals surface area contributed by atoms with E-state index in [9.17, 15) is 4.79 Å². The van der Waals surface area contributed by atoms with Crippen molar-refractivity contribution in [3.63, 3.8) is 0 Å². The van der Waals surface area contributed by atoms with Crippen molar-refractivity contribution in [2.75, 3.05) is 0 Å². The summed E-state index contributed by atoms with van der Waals surface area (Å²) in [5, 5.41) is 6.28. The molecule has 2 bridgehead atoms. The van der Waals surface area contributed by atoms with E-state index in [0.29, 0.717) is 11.8 Å². The predicted octanol–water partition coefficient (Wildman–Crippen LogP) is 3.78. The number of nitrogens with one attached hydrogen (secondary N) is 1. The van der Waals surface area contributed by atoms with Crippen LogP contribution in [0.15, 0.2) is 16.5 Å². The van der Waals surface area contributed by atoms with E-state index in [0.717, 1.165) is 17.9 Å². The SMILES string of the molecule is CC(C)c1cc(C(=O)N/N=C2/C[C@H]3CC[C@H]2C3)cs1. The highest BCUT2D eigenvalue weighted by Gasteiger charge is 2.36. The van der Waals surface area contributed by atoms with Crippen LogP contribution in [-0.2, 0) is 0 Å². The molecule has 2 fully saturated rings. The van der Waals surface area contributed by atoms with Gasteiger partial charge in [-0.2, -0.15) is 5.10 Å². The summed E-state index contributed by atoms with van der Waals surface area (Å²) in [6.45, 7) is 4.28. The van der Waals surface area contributed by atoms with E-state index in [1.807, 2.05) is 11.4 Å². The highest BCUT2D eigenvalue weighted by atomic mass is 32.1. The molecule has 0 saturated heterocycles. The molecule has 0 spiro atoms. The number of thiophene rings is 1. The Morgan fingerprint density at radius 2 is 2.32 bits per heavy atom. The van der Waals surface area contributed by atoms with Crippen molar-refractivity contribution < 1.29 is 4.79 Å². The van der Waals surface area contributed by atoms with Crippen molar-refractivity contribution in [3.05, 3.63) is 21.9 Å². The molecule has 0 radical (unpaired) electrons. The molecule has 0 aliphatic heterocycles. The molecule has 1 N–H and O–H groups in total. The van der Waals surface area contributed by atoms with E-state index in [1.54, 1.807) is 11.3 Å². The lowest BCUT2D eigenvalue weighted by Gasteiger charge is -2.11. The van der Waals surface area contributed by atoms with Crippen LogP contribution in [0.5, 0.6) is 0 Å². The van der Waals surface area contributed by atoms with Crippen molar-refractivity contribution in [1.29, 1.82) is 0 Å². The molecule has 2 saturated carbocycles. The molecule has 1 aromatic rings. The Bertz CT molecular complexity index is 518. The first-order chi connectivity index (χ1) is 9.13. The second kappa shape index (κ2) is 5.08. The fourth-order valence-corrected chi connectivity index (χ4v) is 4.03.